The summed E-state index contributed by atoms with van der Waals surface area (Å²) in [5, 5.41) is 14.9. The van der Waals surface area contributed by atoms with Crippen molar-refractivity contribution in [3.05, 3.63) is 47.5 Å². The maximum atomic E-state index is 12.9. The molecule has 1 aliphatic rings. The molecule has 1 aliphatic heterocycles. The first-order valence-electron chi connectivity index (χ1n) is 9.97. The summed E-state index contributed by atoms with van der Waals surface area (Å²) in [7, 11) is 6.21. The summed E-state index contributed by atoms with van der Waals surface area (Å²) in [4.78, 5) is 23.9. The van der Waals surface area contributed by atoms with Crippen molar-refractivity contribution in [3.8, 4) is 23.0 Å². The van der Waals surface area contributed by atoms with Crippen LogP contribution in [0.1, 0.15) is 36.4 Å². The first-order chi connectivity index (χ1) is 15.4. The first kappa shape index (κ1) is 22.9. The molecule has 2 aromatic rings. The molecule has 0 aromatic heterocycles. The number of nitrogens with zero attached hydrogens (tertiary/aromatic N) is 2. The number of methoxy groups -OCH3 is 4. The van der Waals surface area contributed by atoms with Crippen LogP contribution in [0.25, 0.3) is 0 Å². The number of carboxylic acid groups (broad SMARTS) is 1. The van der Waals surface area contributed by atoms with Crippen molar-refractivity contribution >= 4 is 17.6 Å². The van der Waals surface area contributed by atoms with Gasteiger partial charge in [-0.25, -0.2) is 5.01 Å². The van der Waals surface area contributed by atoms with Gasteiger partial charge >= 0.3 is 5.97 Å². The van der Waals surface area contributed by atoms with Crippen LogP contribution in [0, 0.1) is 0 Å². The Bertz CT molecular complexity index is 1040. The number of rotatable bonds is 9. The highest BCUT2D eigenvalue weighted by Gasteiger charge is 2.34. The third-order valence-corrected chi connectivity index (χ3v) is 5.23. The van der Waals surface area contributed by atoms with Crippen molar-refractivity contribution in [2.24, 2.45) is 5.10 Å². The van der Waals surface area contributed by atoms with Crippen LogP contribution >= 0.6 is 0 Å². The van der Waals surface area contributed by atoms with E-state index in [-0.39, 0.29) is 18.7 Å². The van der Waals surface area contributed by atoms with E-state index < -0.39 is 12.0 Å². The number of ether oxygens (including phenoxy) is 4. The van der Waals surface area contributed by atoms with Gasteiger partial charge in [0.25, 0.3) is 0 Å². The van der Waals surface area contributed by atoms with E-state index >= 15 is 0 Å². The maximum Gasteiger partial charge on any atom is 0.303 e. The largest absolute Gasteiger partial charge is 0.497 e. The van der Waals surface area contributed by atoms with Gasteiger partial charge < -0.3 is 24.1 Å². The lowest BCUT2D eigenvalue weighted by Gasteiger charge is -2.22. The molecule has 0 saturated carbocycles. The summed E-state index contributed by atoms with van der Waals surface area (Å²) in [5.74, 6) is 0.879. The van der Waals surface area contributed by atoms with Crippen molar-refractivity contribution in [3.63, 3.8) is 0 Å². The van der Waals surface area contributed by atoms with E-state index in [0.717, 1.165) is 5.56 Å². The van der Waals surface area contributed by atoms with Crippen LogP contribution in [0.4, 0.5) is 0 Å². The molecule has 1 unspecified atom stereocenters. The zero-order chi connectivity index (χ0) is 23.3. The molecule has 3 rings (SSSR count). The average molecular weight is 442 g/mol. The average Bonchev–Trinajstić information content (AvgIpc) is 3.27. The van der Waals surface area contributed by atoms with Crippen LogP contribution in [0.3, 0.4) is 0 Å². The summed E-state index contributed by atoms with van der Waals surface area (Å²) in [6.07, 6.45) is -0.0374. The van der Waals surface area contributed by atoms with Crippen LogP contribution < -0.4 is 18.9 Å². The molecular weight excluding hydrogens is 416 g/mol. The highest BCUT2D eigenvalue weighted by atomic mass is 16.5. The highest BCUT2D eigenvalue weighted by molar-refractivity contribution is 6.05. The zero-order valence-electron chi connectivity index (χ0n) is 18.5. The fourth-order valence-electron chi connectivity index (χ4n) is 3.59. The molecule has 1 amide bonds. The van der Waals surface area contributed by atoms with Gasteiger partial charge in [-0.1, -0.05) is 6.07 Å². The Kier molecular flexibility index (Phi) is 7.19. The van der Waals surface area contributed by atoms with E-state index in [1.165, 1.54) is 12.1 Å². The number of aliphatic carboxylic acids is 1. The third kappa shape index (κ3) is 4.77. The second kappa shape index (κ2) is 10.0. The first-order valence-corrected chi connectivity index (χ1v) is 9.97. The topological polar surface area (TPSA) is 107 Å². The lowest BCUT2D eigenvalue weighted by atomic mass is 9.97. The monoisotopic (exact) mass is 442 g/mol. The molecule has 9 heteroatoms. The molecule has 0 radical (unpaired) electrons. The maximum absolute atomic E-state index is 12.9. The molecule has 0 spiro atoms. The number of benzene rings is 2. The van der Waals surface area contributed by atoms with Crippen LogP contribution in [-0.4, -0.2) is 56.1 Å². The number of carboxylic acids is 1. The molecule has 0 fully saturated rings. The SMILES string of the molecule is COc1ccc(OC)c(C2=NN(C(=O)CCC(=O)O)C(c3ccc(OC)c(OC)c3)C2)c1. The molecule has 0 saturated heterocycles. The van der Waals surface area contributed by atoms with E-state index in [1.807, 2.05) is 6.07 Å². The standard InChI is InChI=1S/C23H26N2O7/c1-29-15-6-8-19(30-2)16(12-15)17-13-18(25(24-17)22(26)9-10-23(27)28)14-5-7-20(31-3)21(11-14)32-4/h5-8,11-12,18H,9-10,13H2,1-4H3,(H,27,28). The van der Waals surface area contributed by atoms with Crippen molar-refractivity contribution < 1.29 is 33.6 Å². The van der Waals surface area contributed by atoms with Crippen LogP contribution in [0.5, 0.6) is 23.0 Å². The van der Waals surface area contributed by atoms with Gasteiger partial charge in [-0.3, -0.25) is 9.59 Å². The van der Waals surface area contributed by atoms with Crippen molar-refractivity contribution in [2.75, 3.05) is 28.4 Å². The van der Waals surface area contributed by atoms with Gasteiger partial charge in [-0.15, -0.1) is 0 Å². The summed E-state index contributed by atoms with van der Waals surface area (Å²) >= 11 is 0. The zero-order valence-corrected chi connectivity index (χ0v) is 18.5. The lowest BCUT2D eigenvalue weighted by molar-refractivity contribution is -0.141. The van der Waals surface area contributed by atoms with Crippen LogP contribution in [0.15, 0.2) is 41.5 Å². The minimum Gasteiger partial charge on any atom is -0.497 e. The van der Waals surface area contributed by atoms with Crippen molar-refractivity contribution in [2.45, 2.75) is 25.3 Å². The van der Waals surface area contributed by atoms with Gasteiger partial charge in [0.2, 0.25) is 5.91 Å². The fraction of sp³-hybridized carbons (Fsp3) is 0.348. The number of hydrazone groups is 1. The Morgan fingerprint density at radius 2 is 1.62 bits per heavy atom. The normalized spacial score (nSPS) is 15.2. The van der Waals surface area contributed by atoms with E-state index in [4.69, 9.17) is 24.1 Å². The van der Waals surface area contributed by atoms with Crippen molar-refractivity contribution in [1.29, 1.82) is 0 Å². The molecule has 0 bridgehead atoms. The molecule has 2 aromatic carbocycles. The number of hydrogen-bond donors (Lipinski definition) is 1. The molecule has 1 atom stereocenters. The van der Waals surface area contributed by atoms with Crippen LogP contribution in [0.2, 0.25) is 0 Å². The molecule has 1 N–H and O–H groups in total. The molecule has 32 heavy (non-hydrogen) atoms. The van der Waals surface area contributed by atoms with Gasteiger partial charge in [0, 0.05) is 18.4 Å². The smallest absolute Gasteiger partial charge is 0.303 e. The van der Waals surface area contributed by atoms with Gasteiger partial charge in [0.05, 0.1) is 46.6 Å². The van der Waals surface area contributed by atoms with E-state index in [9.17, 15) is 9.59 Å². The summed E-state index contributed by atoms with van der Waals surface area (Å²) in [6.45, 7) is 0. The van der Waals surface area contributed by atoms with E-state index in [2.05, 4.69) is 5.10 Å². The fourth-order valence-corrected chi connectivity index (χ4v) is 3.59. The molecular formula is C23H26N2O7. The van der Waals surface area contributed by atoms with Gasteiger partial charge in [-0.2, -0.15) is 5.10 Å². The number of hydrogen-bond acceptors (Lipinski definition) is 7. The molecule has 9 nitrogen and oxygen atoms in total. The number of carbonyl (C=O) groups is 2. The predicted octanol–water partition coefficient (Wildman–Crippen LogP) is 3.26. The minimum absolute atomic E-state index is 0.162. The van der Waals surface area contributed by atoms with E-state index in [0.29, 0.717) is 40.7 Å². The Balaban J connectivity index is 2.02. The molecule has 170 valence electrons. The predicted molar refractivity (Wildman–Crippen MR) is 117 cm³/mol. The Hall–Kier alpha value is -3.75. The van der Waals surface area contributed by atoms with Crippen LogP contribution in [-0.2, 0) is 9.59 Å². The van der Waals surface area contributed by atoms with Crippen molar-refractivity contribution in [1.82, 2.24) is 5.01 Å². The molecule has 1 heterocycles. The summed E-state index contributed by atoms with van der Waals surface area (Å²) in [5.41, 5.74) is 2.11. The quantitative estimate of drug-likeness (QED) is 0.635. The van der Waals surface area contributed by atoms with Gasteiger partial charge in [0.1, 0.15) is 11.5 Å². The summed E-state index contributed by atoms with van der Waals surface area (Å²) < 4.78 is 21.5. The second-order valence-corrected chi connectivity index (χ2v) is 7.08. The number of carbonyl (C=O) groups excluding carboxylic acids is 1. The highest BCUT2D eigenvalue weighted by Crippen LogP contribution is 2.39. The Labute approximate surface area is 186 Å². The number of amides is 1. The van der Waals surface area contributed by atoms with Gasteiger partial charge in [-0.05, 0) is 35.9 Å². The van der Waals surface area contributed by atoms with Gasteiger partial charge in [0.15, 0.2) is 11.5 Å². The molecule has 0 aliphatic carbocycles. The van der Waals surface area contributed by atoms with E-state index in [1.54, 1.807) is 51.7 Å². The summed E-state index contributed by atoms with van der Waals surface area (Å²) in [6, 6.07) is 10.3. The lowest BCUT2D eigenvalue weighted by Crippen LogP contribution is -2.27. The Morgan fingerprint density at radius 1 is 0.938 bits per heavy atom. The Morgan fingerprint density at radius 3 is 2.25 bits per heavy atom. The third-order valence-electron chi connectivity index (χ3n) is 5.23. The minimum atomic E-state index is -1.04. The second-order valence-electron chi connectivity index (χ2n) is 7.08.